The second-order valence-corrected chi connectivity index (χ2v) is 6.74. The maximum Gasteiger partial charge on any atom is 0.161 e. The Morgan fingerprint density at radius 1 is 0.783 bits per heavy atom. The van der Waals surface area contributed by atoms with Gasteiger partial charge in [-0.15, -0.1) is 0 Å². The smallest absolute Gasteiger partial charge is 0.161 e. The Kier molecular flexibility index (Phi) is 5.67. The van der Waals surface area contributed by atoms with Crippen LogP contribution >= 0.6 is 0 Å². The van der Waals surface area contributed by atoms with E-state index in [1.807, 2.05) is 12.1 Å². The lowest BCUT2D eigenvalue weighted by Gasteiger charge is -2.19. The van der Waals surface area contributed by atoms with Crippen molar-refractivity contribution in [3.8, 4) is 11.5 Å². The van der Waals surface area contributed by atoms with E-state index in [2.05, 4.69) is 56.4 Å². The molecule has 0 amide bonds. The van der Waals surface area contributed by atoms with E-state index in [0.717, 1.165) is 24.6 Å². The second-order valence-electron chi connectivity index (χ2n) is 6.74. The highest BCUT2D eigenvalue weighted by Gasteiger charge is 2.12. The topological polar surface area (TPSA) is 30.5 Å². The highest BCUT2D eigenvalue weighted by atomic mass is 16.5. The van der Waals surface area contributed by atoms with E-state index in [1.54, 1.807) is 14.2 Å². The van der Waals surface area contributed by atoms with Crippen molar-refractivity contribution in [3.05, 3.63) is 59.2 Å². The Labute approximate surface area is 139 Å². The van der Waals surface area contributed by atoms with E-state index in [9.17, 15) is 0 Å². The lowest BCUT2D eigenvalue weighted by Crippen LogP contribution is -2.14. The molecule has 0 aromatic heterocycles. The molecule has 2 rings (SSSR count). The van der Waals surface area contributed by atoms with E-state index in [-0.39, 0.29) is 5.41 Å². The molecule has 0 radical (unpaired) electrons. The van der Waals surface area contributed by atoms with E-state index in [0.29, 0.717) is 0 Å². The molecule has 0 saturated carbocycles. The molecule has 2 aromatic carbocycles. The summed E-state index contributed by atoms with van der Waals surface area (Å²) in [6.07, 6.45) is 0. The van der Waals surface area contributed by atoms with Crippen LogP contribution in [0.15, 0.2) is 42.5 Å². The molecule has 0 atom stereocenters. The van der Waals surface area contributed by atoms with Gasteiger partial charge in [0.15, 0.2) is 11.5 Å². The average Bonchev–Trinajstić information content (AvgIpc) is 2.54. The van der Waals surface area contributed by atoms with Gasteiger partial charge in [0.05, 0.1) is 14.2 Å². The van der Waals surface area contributed by atoms with Gasteiger partial charge in [-0.25, -0.2) is 0 Å². The summed E-state index contributed by atoms with van der Waals surface area (Å²) in [5.74, 6) is 1.52. The maximum atomic E-state index is 5.33. The zero-order valence-electron chi connectivity index (χ0n) is 14.8. The van der Waals surface area contributed by atoms with Crippen LogP contribution in [0.2, 0.25) is 0 Å². The molecule has 0 aliphatic heterocycles. The van der Waals surface area contributed by atoms with Crippen molar-refractivity contribution in [3.63, 3.8) is 0 Å². The average molecular weight is 313 g/mol. The molecule has 0 heterocycles. The minimum absolute atomic E-state index is 0.200. The SMILES string of the molecule is COc1ccc(CNCc2ccc(C(C)(C)C)cc2)cc1OC. The van der Waals surface area contributed by atoms with Gasteiger partial charge in [0.25, 0.3) is 0 Å². The summed E-state index contributed by atoms with van der Waals surface area (Å²) in [7, 11) is 3.31. The summed E-state index contributed by atoms with van der Waals surface area (Å²) >= 11 is 0. The Hall–Kier alpha value is -2.00. The second kappa shape index (κ2) is 7.51. The minimum atomic E-state index is 0.200. The van der Waals surface area contributed by atoms with E-state index >= 15 is 0 Å². The highest BCUT2D eigenvalue weighted by molar-refractivity contribution is 5.42. The molecule has 0 aliphatic carbocycles. The van der Waals surface area contributed by atoms with Crippen molar-refractivity contribution in [1.29, 1.82) is 0 Å². The van der Waals surface area contributed by atoms with Crippen LogP contribution in [0.5, 0.6) is 11.5 Å². The first-order valence-corrected chi connectivity index (χ1v) is 7.95. The molecule has 0 aliphatic rings. The number of ether oxygens (including phenoxy) is 2. The van der Waals surface area contributed by atoms with Gasteiger partial charge in [-0.05, 0) is 34.2 Å². The fourth-order valence-electron chi connectivity index (χ4n) is 2.46. The predicted octanol–water partition coefficient (Wildman–Crippen LogP) is 4.29. The number of rotatable bonds is 6. The van der Waals surface area contributed by atoms with Crippen LogP contribution in [0.3, 0.4) is 0 Å². The summed E-state index contributed by atoms with van der Waals surface area (Å²) in [4.78, 5) is 0. The molecular weight excluding hydrogens is 286 g/mol. The summed E-state index contributed by atoms with van der Waals surface area (Å²) in [6.45, 7) is 8.34. The van der Waals surface area contributed by atoms with Crippen LogP contribution in [0.1, 0.15) is 37.5 Å². The Morgan fingerprint density at radius 3 is 1.91 bits per heavy atom. The third kappa shape index (κ3) is 4.73. The van der Waals surface area contributed by atoms with Crippen molar-refractivity contribution >= 4 is 0 Å². The van der Waals surface area contributed by atoms with Gasteiger partial charge < -0.3 is 14.8 Å². The van der Waals surface area contributed by atoms with Crippen molar-refractivity contribution in [2.45, 2.75) is 39.3 Å². The van der Waals surface area contributed by atoms with Gasteiger partial charge in [-0.3, -0.25) is 0 Å². The third-order valence-corrected chi connectivity index (χ3v) is 3.93. The fraction of sp³-hybridized carbons (Fsp3) is 0.400. The number of hydrogen-bond donors (Lipinski definition) is 1. The van der Waals surface area contributed by atoms with Gasteiger partial charge in [0.2, 0.25) is 0 Å². The Balaban J connectivity index is 1.92. The number of methoxy groups -OCH3 is 2. The normalized spacial score (nSPS) is 11.3. The first-order chi connectivity index (χ1) is 10.9. The molecular formula is C20H27NO2. The van der Waals surface area contributed by atoms with Crippen molar-refractivity contribution in [2.75, 3.05) is 14.2 Å². The summed E-state index contributed by atoms with van der Waals surface area (Å²) < 4.78 is 10.6. The number of benzene rings is 2. The molecule has 0 unspecified atom stereocenters. The first kappa shape index (κ1) is 17.4. The fourth-order valence-corrected chi connectivity index (χ4v) is 2.46. The van der Waals surface area contributed by atoms with Crippen molar-refractivity contribution in [2.24, 2.45) is 0 Å². The van der Waals surface area contributed by atoms with Crippen LogP contribution in [-0.4, -0.2) is 14.2 Å². The molecule has 0 bridgehead atoms. The number of nitrogens with one attached hydrogen (secondary N) is 1. The van der Waals surface area contributed by atoms with Crippen molar-refractivity contribution in [1.82, 2.24) is 5.32 Å². The highest BCUT2D eigenvalue weighted by Crippen LogP contribution is 2.27. The molecule has 124 valence electrons. The minimum Gasteiger partial charge on any atom is -0.493 e. The van der Waals surface area contributed by atoms with Crippen LogP contribution in [0, 0.1) is 0 Å². The van der Waals surface area contributed by atoms with Crippen molar-refractivity contribution < 1.29 is 9.47 Å². The standard InChI is InChI=1S/C20H27NO2/c1-20(2,3)17-9-6-15(7-10-17)13-21-14-16-8-11-18(22-4)19(12-16)23-5/h6-12,21H,13-14H2,1-5H3. The summed E-state index contributed by atoms with van der Waals surface area (Å²) in [6, 6.07) is 14.8. The third-order valence-electron chi connectivity index (χ3n) is 3.93. The largest absolute Gasteiger partial charge is 0.493 e. The summed E-state index contributed by atoms with van der Waals surface area (Å²) in [5.41, 5.74) is 4.03. The Morgan fingerprint density at radius 2 is 1.35 bits per heavy atom. The quantitative estimate of drug-likeness (QED) is 0.863. The lowest BCUT2D eigenvalue weighted by atomic mass is 9.87. The summed E-state index contributed by atoms with van der Waals surface area (Å²) in [5, 5.41) is 3.47. The van der Waals surface area contributed by atoms with E-state index < -0.39 is 0 Å². The monoisotopic (exact) mass is 313 g/mol. The Bertz CT molecular complexity index is 627. The zero-order chi connectivity index (χ0) is 16.9. The molecule has 2 aromatic rings. The van der Waals surface area contributed by atoms with E-state index in [4.69, 9.17) is 9.47 Å². The van der Waals surface area contributed by atoms with Gasteiger partial charge >= 0.3 is 0 Å². The lowest BCUT2D eigenvalue weighted by molar-refractivity contribution is 0.354. The molecule has 23 heavy (non-hydrogen) atoms. The predicted molar refractivity (Wildman–Crippen MR) is 95.2 cm³/mol. The van der Waals surface area contributed by atoms with Gasteiger partial charge in [-0.2, -0.15) is 0 Å². The van der Waals surface area contributed by atoms with Gasteiger partial charge in [0.1, 0.15) is 0 Å². The zero-order valence-corrected chi connectivity index (χ0v) is 14.8. The van der Waals surface area contributed by atoms with Crippen LogP contribution < -0.4 is 14.8 Å². The van der Waals surface area contributed by atoms with Gasteiger partial charge in [-0.1, -0.05) is 51.1 Å². The van der Waals surface area contributed by atoms with E-state index in [1.165, 1.54) is 16.7 Å². The molecule has 1 N–H and O–H groups in total. The van der Waals surface area contributed by atoms with Gasteiger partial charge in [0, 0.05) is 13.1 Å². The molecule has 3 nitrogen and oxygen atoms in total. The molecule has 0 fully saturated rings. The van der Waals surface area contributed by atoms with Crippen LogP contribution in [0.25, 0.3) is 0 Å². The number of hydrogen-bond acceptors (Lipinski definition) is 3. The molecule has 3 heteroatoms. The molecule has 0 saturated heterocycles. The first-order valence-electron chi connectivity index (χ1n) is 7.95. The van der Waals surface area contributed by atoms with Crippen LogP contribution in [0.4, 0.5) is 0 Å². The molecule has 0 spiro atoms. The maximum absolute atomic E-state index is 5.33. The van der Waals surface area contributed by atoms with Crippen LogP contribution in [-0.2, 0) is 18.5 Å².